The van der Waals surface area contributed by atoms with Gasteiger partial charge in [0.15, 0.2) is 0 Å². The van der Waals surface area contributed by atoms with Gasteiger partial charge < -0.3 is 10.1 Å². The molecule has 1 aliphatic carbocycles. The van der Waals surface area contributed by atoms with E-state index in [2.05, 4.69) is 11.4 Å². The normalized spacial score (nSPS) is 21.6. The molecule has 2 aromatic rings. The fourth-order valence-electron chi connectivity index (χ4n) is 3.15. The van der Waals surface area contributed by atoms with Crippen LogP contribution in [0.2, 0.25) is 0 Å². The first kappa shape index (κ1) is 13.1. The Morgan fingerprint density at radius 2 is 1.91 bits per heavy atom. The average molecular weight is 291 g/mol. The van der Waals surface area contributed by atoms with Crippen molar-refractivity contribution in [3.63, 3.8) is 0 Å². The Kier molecular flexibility index (Phi) is 3.19. The Labute approximate surface area is 129 Å². The van der Waals surface area contributed by atoms with E-state index in [9.17, 15) is 4.79 Å². The number of hydrogen-bond acceptors (Lipinski definition) is 3. The van der Waals surface area contributed by atoms with E-state index < -0.39 is 0 Å². The van der Waals surface area contributed by atoms with E-state index in [1.165, 1.54) is 5.56 Å². The summed E-state index contributed by atoms with van der Waals surface area (Å²) in [5.74, 6) is -0.260. The highest BCUT2D eigenvalue weighted by atomic mass is 16.5. The first-order chi connectivity index (χ1) is 10.8. The maximum Gasteiger partial charge on any atom is 0.312 e. The minimum Gasteiger partial charge on any atom is -0.453 e. The molecule has 2 aromatic carbocycles. The van der Waals surface area contributed by atoms with E-state index in [4.69, 9.17) is 4.74 Å². The van der Waals surface area contributed by atoms with Crippen LogP contribution in [0.15, 0.2) is 54.6 Å². The highest BCUT2D eigenvalue weighted by molar-refractivity contribution is 5.76. The van der Waals surface area contributed by atoms with Gasteiger partial charge >= 0.3 is 5.97 Å². The number of nitrogens with one attached hydrogen (secondary N) is 1. The van der Waals surface area contributed by atoms with Crippen LogP contribution in [-0.2, 0) is 16.0 Å². The second-order valence-electron chi connectivity index (χ2n) is 5.78. The van der Waals surface area contributed by atoms with Crippen LogP contribution in [0.1, 0.15) is 22.8 Å². The zero-order chi connectivity index (χ0) is 14.9. The van der Waals surface area contributed by atoms with Gasteiger partial charge in [-0.25, -0.2) is 0 Å². The van der Waals surface area contributed by atoms with Gasteiger partial charge in [-0.3, -0.25) is 4.79 Å². The van der Waals surface area contributed by atoms with Gasteiger partial charge in [0.25, 0.3) is 0 Å². The standard InChI is InChI=1S/C19H17NO2/c21-19(15-11-14-6-2-4-8-17(14)20-12-15)22-18-10-9-13-5-1-3-7-16(13)18/h1-10,15,18,20H,11-12H2. The SMILES string of the molecule is O=C(OC1C=Cc2ccccc21)C1CNc2ccccc2C1. The number of carbonyl (C=O) groups excluding carboxylic acids is 1. The van der Waals surface area contributed by atoms with E-state index >= 15 is 0 Å². The van der Waals surface area contributed by atoms with Crippen LogP contribution in [0, 0.1) is 5.92 Å². The lowest BCUT2D eigenvalue weighted by Crippen LogP contribution is -2.31. The Hall–Kier alpha value is -2.55. The van der Waals surface area contributed by atoms with Crippen molar-refractivity contribution in [3.8, 4) is 0 Å². The Morgan fingerprint density at radius 1 is 1.09 bits per heavy atom. The van der Waals surface area contributed by atoms with Crippen LogP contribution >= 0.6 is 0 Å². The summed E-state index contributed by atoms with van der Waals surface area (Å²) in [5, 5.41) is 3.32. The number of carbonyl (C=O) groups is 1. The van der Waals surface area contributed by atoms with Crippen LogP contribution in [0.3, 0.4) is 0 Å². The van der Waals surface area contributed by atoms with Crippen molar-refractivity contribution in [2.45, 2.75) is 12.5 Å². The minimum atomic E-state index is -0.249. The third-order valence-electron chi connectivity index (χ3n) is 4.35. The summed E-state index contributed by atoms with van der Waals surface area (Å²) in [4.78, 5) is 12.5. The second-order valence-corrected chi connectivity index (χ2v) is 5.78. The molecule has 0 radical (unpaired) electrons. The number of para-hydroxylation sites is 1. The lowest BCUT2D eigenvalue weighted by atomic mass is 9.94. The van der Waals surface area contributed by atoms with Gasteiger partial charge in [-0.1, -0.05) is 48.5 Å². The van der Waals surface area contributed by atoms with Crippen LogP contribution in [-0.4, -0.2) is 12.5 Å². The summed E-state index contributed by atoms with van der Waals surface area (Å²) in [7, 11) is 0. The first-order valence-electron chi connectivity index (χ1n) is 7.60. The number of ether oxygens (including phenoxy) is 1. The lowest BCUT2D eigenvalue weighted by Gasteiger charge is -2.25. The second kappa shape index (κ2) is 5.34. The summed E-state index contributed by atoms with van der Waals surface area (Å²) in [6.45, 7) is 0.633. The monoisotopic (exact) mass is 291 g/mol. The fraction of sp³-hybridized carbons (Fsp3) is 0.211. The van der Waals surface area contributed by atoms with Crippen molar-refractivity contribution < 1.29 is 9.53 Å². The van der Waals surface area contributed by atoms with Gasteiger partial charge in [0, 0.05) is 17.8 Å². The number of benzene rings is 2. The summed E-state index contributed by atoms with van der Waals surface area (Å²) >= 11 is 0. The summed E-state index contributed by atoms with van der Waals surface area (Å²) in [5.41, 5.74) is 4.50. The maximum atomic E-state index is 12.5. The summed E-state index contributed by atoms with van der Waals surface area (Å²) in [6, 6.07) is 16.1. The molecule has 2 aliphatic rings. The molecule has 0 spiro atoms. The molecular weight excluding hydrogens is 274 g/mol. The van der Waals surface area contributed by atoms with Gasteiger partial charge in [-0.05, 0) is 29.7 Å². The zero-order valence-electron chi connectivity index (χ0n) is 12.2. The number of fused-ring (bicyclic) bond motifs is 2. The Morgan fingerprint density at radius 3 is 2.86 bits per heavy atom. The molecular formula is C19H17NO2. The first-order valence-corrected chi connectivity index (χ1v) is 7.60. The number of hydrogen-bond donors (Lipinski definition) is 1. The molecule has 2 unspecified atom stereocenters. The molecule has 0 saturated carbocycles. The lowest BCUT2D eigenvalue weighted by molar-refractivity contribution is -0.151. The van der Waals surface area contributed by atoms with Crippen molar-refractivity contribution in [1.29, 1.82) is 0 Å². The van der Waals surface area contributed by atoms with E-state index in [1.54, 1.807) is 0 Å². The van der Waals surface area contributed by atoms with Crippen LogP contribution < -0.4 is 5.32 Å². The van der Waals surface area contributed by atoms with Gasteiger partial charge in [0.2, 0.25) is 0 Å². The van der Waals surface area contributed by atoms with Crippen molar-refractivity contribution in [3.05, 3.63) is 71.3 Å². The molecule has 4 rings (SSSR count). The van der Waals surface area contributed by atoms with E-state index in [0.29, 0.717) is 6.54 Å². The Balaban J connectivity index is 1.47. The maximum absolute atomic E-state index is 12.5. The molecule has 3 nitrogen and oxygen atoms in total. The van der Waals surface area contributed by atoms with E-state index in [1.807, 2.05) is 54.6 Å². The molecule has 0 saturated heterocycles. The summed E-state index contributed by atoms with van der Waals surface area (Å²) in [6.07, 6.45) is 4.45. The van der Waals surface area contributed by atoms with Gasteiger partial charge in [0.1, 0.15) is 6.10 Å². The van der Waals surface area contributed by atoms with Gasteiger partial charge in [0.05, 0.1) is 5.92 Å². The van der Waals surface area contributed by atoms with Crippen molar-refractivity contribution in [1.82, 2.24) is 0 Å². The highest BCUT2D eigenvalue weighted by Gasteiger charge is 2.29. The smallest absolute Gasteiger partial charge is 0.312 e. The van der Waals surface area contributed by atoms with Crippen LogP contribution in [0.5, 0.6) is 0 Å². The van der Waals surface area contributed by atoms with E-state index in [-0.39, 0.29) is 18.0 Å². The van der Waals surface area contributed by atoms with Crippen LogP contribution in [0.25, 0.3) is 6.08 Å². The zero-order valence-corrected chi connectivity index (χ0v) is 12.2. The van der Waals surface area contributed by atoms with Crippen molar-refractivity contribution >= 4 is 17.7 Å². The number of rotatable bonds is 2. The van der Waals surface area contributed by atoms with E-state index in [0.717, 1.165) is 23.2 Å². The molecule has 1 aliphatic heterocycles. The molecule has 1 heterocycles. The van der Waals surface area contributed by atoms with Crippen molar-refractivity contribution in [2.75, 3.05) is 11.9 Å². The van der Waals surface area contributed by atoms with Gasteiger partial charge in [-0.2, -0.15) is 0 Å². The Bertz CT molecular complexity index is 751. The molecule has 0 aromatic heterocycles. The molecule has 3 heteroatoms. The van der Waals surface area contributed by atoms with Crippen molar-refractivity contribution in [2.24, 2.45) is 5.92 Å². The predicted molar refractivity (Wildman–Crippen MR) is 86.4 cm³/mol. The van der Waals surface area contributed by atoms with Gasteiger partial charge in [-0.15, -0.1) is 0 Å². The molecule has 22 heavy (non-hydrogen) atoms. The number of esters is 1. The van der Waals surface area contributed by atoms with Crippen LogP contribution in [0.4, 0.5) is 5.69 Å². The third-order valence-corrected chi connectivity index (χ3v) is 4.35. The average Bonchev–Trinajstić information content (AvgIpc) is 2.97. The molecule has 0 fully saturated rings. The quantitative estimate of drug-likeness (QED) is 0.859. The highest BCUT2D eigenvalue weighted by Crippen LogP contribution is 2.32. The molecule has 2 atom stereocenters. The summed E-state index contributed by atoms with van der Waals surface area (Å²) < 4.78 is 5.73. The topological polar surface area (TPSA) is 38.3 Å². The predicted octanol–water partition coefficient (Wildman–Crippen LogP) is 3.58. The third kappa shape index (κ3) is 2.29. The fourth-order valence-corrected chi connectivity index (χ4v) is 3.15. The number of anilines is 1. The molecule has 1 N–H and O–H groups in total. The minimum absolute atomic E-state index is 0.129. The molecule has 0 bridgehead atoms. The molecule has 0 amide bonds. The molecule has 110 valence electrons. The largest absolute Gasteiger partial charge is 0.453 e.